The molecule has 1 aromatic rings. The molecule has 19 heavy (non-hydrogen) atoms. The zero-order chi connectivity index (χ0) is 14.3. The van der Waals surface area contributed by atoms with Crippen LogP contribution in [0.5, 0.6) is 0 Å². The van der Waals surface area contributed by atoms with E-state index >= 15 is 0 Å². The molecular weight excluding hydrogens is 260 g/mol. The second kappa shape index (κ2) is 7.87. The van der Waals surface area contributed by atoms with Gasteiger partial charge in [0.15, 0.2) is 5.16 Å². The fourth-order valence-corrected chi connectivity index (χ4v) is 2.99. The van der Waals surface area contributed by atoms with Crippen molar-refractivity contribution in [2.45, 2.75) is 50.7 Å². The van der Waals surface area contributed by atoms with E-state index in [1.165, 1.54) is 0 Å². The van der Waals surface area contributed by atoms with Gasteiger partial charge in [0.05, 0.1) is 6.61 Å². The molecular formula is C13H26N4OS. The first-order valence-electron chi connectivity index (χ1n) is 6.93. The van der Waals surface area contributed by atoms with E-state index in [0.717, 1.165) is 42.5 Å². The normalized spacial score (nSPS) is 14.6. The minimum Gasteiger partial charge on any atom is -0.394 e. The molecule has 1 unspecified atom stereocenters. The molecule has 0 spiro atoms. The van der Waals surface area contributed by atoms with Gasteiger partial charge in [-0.1, -0.05) is 25.6 Å². The molecule has 5 nitrogen and oxygen atoms in total. The van der Waals surface area contributed by atoms with Crippen LogP contribution < -0.4 is 5.32 Å². The number of likely N-dealkylation sites (N-methyl/N-ethyl adjacent to an activating group) is 1. The lowest BCUT2D eigenvalue weighted by atomic mass is 9.91. The number of rotatable bonds is 9. The molecule has 0 amide bonds. The maximum Gasteiger partial charge on any atom is 0.190 e. The number of aromatic nitrogens is 3. The van der Waals surface area contributed by atoms with Gasteiger partial charge in [-0.05, 0) is 32.7 Å². The molecule has 0 fully saturated rings. The average molecular weight is 286 g/mol. The van der Waals surface area contributed by atoms with E-state index in [2.05, 4.69) is 29.4 Å². The van der Waals surface area contributed by atoms with Crippen molar-refractivity contribution >= 4 is 11.8 Å². The number of nitrogens with zero attached hydrogens (tertiary/aromatic N) is 3. The second-order valence-electron chi connectivity index (χ2n) is 4.86. The molecule has 0 saturated heterocycles. The van der Waals surface area contributed by atoms with Gasteiger partial charge in [-0.15, -0.1) is 10.2 Å². The van der Waals surface area contributed by atoms with Gasteiger partial charge < -0.3 is 15.0 Å². The van der Waals surface area contributed by atoms with Crippen LogP contribution in [0.25, 0.3) is 0 Å². The van der Waals surface area contributed by atoms with Gasteiger partial charge in [-0.25, -0.2) is 0 Å². The molecule has 1 rings (SSSR count). The summed E-state index contributed by atoms with van der Waals surface area (Å²) in [6.45, 7) is 7.25. The Bertz CT molecular complexity index is 377. The van der Waals surface area contributed by atoms with Crippen LogP contribution in [0.3, 0.4) is 0 Å². The zero-order valence-corrected chi connectivity index (χ0v) is 13.3. The molecule has 0 saturated carbocycles. The van der Waals surface area contributed by atoms with Crippen LogP contribution in [0.2, 0.25) is 0 Å². The number of hydrogen-bond donors (Lipinski definition) is 2. The molecule has 0 aliphatic carbocycles. The maximum absolute atomic E-state index is 9.58. The third-order valence-corrected chi connectivity index (χ3v) is 4.72. The molecule has 6 heteroatoms. The molecule has 1 heterocycles. The Morgan fingerprint density at radius 3 is 2.58 bits per heavy atom. The SMILES string of the molecule is CCNC(CC)(CO)CCCSc1nnc(C)n1C. The fraction of sp³-hybridized carbons (Fsp3) is 0.846. The largest absolute Gasteiger partial charge is 0.394 e. The topological polar surface area (TPSA) is 63.0 Å². The third-order valence-electron chi connectivity index (χ3n) is 3.61. The van der Waals surface area contributed by atoms with Gasteiger partial charge in [0, 0.05) is 18.3 Å². The van der Waals surface area contributed by atoms with E-state index in [4.69, 9.17) is 0 Å². The van der Waals surface area contributed by atoms with E-state index in [1.807, 2.05) is 18.5 Å². The van der Waals surface area contributed by atoms with Crippen molar-refractivity contribution in [3.05, 3.63) is 5.82 Å². The summed E-state index contributed by atoms with van der Waals surface area (Å²) in [6, 6.07) is 0. The molecule has 0 aliphatic rings. The van der Waals surface area contributed by atoms with Crippen molar-refractivity contribution in [3.8, 4) is 0 Å². The summed E-state index contributed by atoms with van der Waals surface area (Å²) in [6.07, 6.45) is 2.99. The fourth-order valence-electron chi connectivity index (χ4n) is 2.10. The standard InChI is InChI=1S/C13H26N4OS/c1-5-13(10-18,14-6-2)8-7-9-19-12-16-15-11(3)17(12)4/h14,18H,5-10H2,1-4H3. The number of aliphatic hydroxyl groups is 1. The summed E-state index contributed by atoms with van der Waals surface area (Å²) in [7, 11) is 1.99. The van der Waals surface area contributed by atoms with Crippen LogP contribution in [0.15, 0.2) is 5.16 Å². The Kier molecular flexibility index (Phi) is 6.82. The summed E-state index contributed by atoms with van der Waals surface area (Å²) in [5.41, 5.74) is -0.120. The Morgan fingerprint density at radius 2 is 2.11 bits per heavy atom. The summed E-state index contributed by atoms with van der Waals surface area (Å²) in [5.74, 6) is 1.94. The monoisotopic (exact) mass is 286 g/mol. The van der Waals surface area contributed by atoms with Gasteiger partial charge in [0.25, 0.3) is 0 Å². The average Bonchev–Trinajstić information content (AvgIpc) is 2.74. The molecule has 0 aromatic carbocycles. The minimum absolute atomic E-state index is 0.120. The zero-order valence-electron chi connectivity index (χ0n) is 12.4. The lowest BCUT2D eigenvalue weighted by molar-refractivity contribution is 0.148. The van der Waals surface area contributed by atoms with E-state index in [0.29, 0.717) is 0 Å². The summed E-state index contributed by atoms with van der Waals surface area (Å²) < 4.78 is 2.01. The molecule has 110 valence electrons. The van der Waals surface area contributed by atoms with Crippen LogP contribution in [-0.2, 0) is 7.05 Å². The van der Waals surface area contributed by atoms with Gasteiger partial charge >= 0.3 is 0 Å². The van der Waals surface area contributed by atoms with Gasteiger partial charge in [-0.3, -0.25) is 0 Å². The maximum atomic E-state index is 9.58. The van der Waals surface area contributed by atoms with Crippen molar-refractivity contribution in [1.82, 2.24) is 20.1 Å². The van der Waals surface area contributed by atoms with Gasteiger partial charge in [-0.2, -0.15) is 0 Å². The lowest BCUT2D eigenvalue weighted by Gasteiger charge is -2.31. The summed E-state index contributed by atoms with van der Waals surface area (Å²) >= 11 is 1.73. The highest BCUT2D eigenvalue weighted by Crippen LogP contribution is 2.21. The number of thioether (sulfide) groups is 1. The van der Waals surface area contributed by atoms with Crippen molar-refractivity contribution in [3.63, 3.8) is 0 Å². The van der Waals surface area contributed by atoms with Crippen LogP contribution in [0.4, 0.5) is 0 Å². The molecule has 1 atom stereocenters. The third kappa shape index (κ3) is 4.47. The number of aryl methyl sites for hydroxylation is 1. The van der Waals surface area contributed by atoms with E-state index in [-0.39, 0.29) is 12.1 Å². The Morgan fingerprint density at radius 1 is 1.37 bits per heavy atom. The number of aliphatic hydroxyl groups excluding tert-OH is 1. The molecule has 1 aromatic heterocycles. The van der Waals surface area contributed by atoms with Crippen LogP contribution >= 0.6 is 11.8 Å². The van der Waals surface area contributed by atoms with Crippen molar-refractivity contribution in [2.24, 2.45) is 7.05 Å². The first-order valence-corrected chi connectivity index (χ1v) is 7.91. The first-order chi connectivity index (χ1) is 9.08. The predicted octanol–water partition coefficient (Wildman–Crippen LogP) is 1.75. The highest BCUT2D eigenvalue weighted by Gasteiger charge is 2.25. The summed E-state index contributed by atoms with van der Waals surface area (Å²) in [4.78, 5) is 0. The summed E-state index contributed by atoms with van der Waals surface area (Å²) in [5, 5.41) is 22.1. The van der Waals surface area contributed by atoms with Crippen LogP contribution in [0.1, 0.15) is 38.9 Å². The Labute approximate surface area is 120 Å². The molecule has 0 aliphatic heterocycles. The van der Waals surface area contributed by atoms with E-state index in [1.54, 1.807) is 11.8 Å². The predicted molar refractivity (Wildman–Crippen MR) is 79.5 cm³/mol. The Balaban J connectivity index is 2.38. The Hall–Kier alpha value is -0.590. The van der Waals surface area contributed by atoms with Crippen LogP contribution in [-0.4, -0.2) is 44.3 Å². The quantitative estimate of drug-likeness (QED) is 0.535. The highest BCUT2D eigenvalue weighted by molar-refractivity contribution is 7.99. The molecule has 0 radical (unpaired) electrons. The van der Waals surface area contributed by atoms with E-state index in [9.17, 15) is 5.11 Å². The van der Waals surface area contributed by atoms with E-state index < -0.39 is 0 Å². The minimum atomic E-state index is -0.120. The second-order valence-corrected chi connectivity index (χ2v) is 5.93. The number of hydrogen-bond acceptors (Lipinski definition) is 5. The van der Waals surface area contributed by atoms with Crippen molar-refractivity contribution < 1.29 is 5.11 Å². The van der Waals surface area contributed by atoms with Gasteiger partial charge in [0.1, 0.15) is 5.82 Å². The smallest absolute Gasteiger partial charge is 0.190 e. The number of nitrogens with one attached hydrogen (secondary N) is 1. The highest BCUT2D eigenvalue weighted by atomic mass is 32.2. The first kappa shape index (κ1) is 16.5. The lowest BCUT2D eigenvalue weighted by Crippen LogP contribution is -2.48. The van der Waals surface area contributed by atoms with Crippen LogP contribution in [0, 0.1) is 6.92 Å². The van der Waals surface area contributed by atoms with Gasteiger partial charge in [0.2, 0.25) is 0 Å². The molecule has 2 N–H and O–H groups in total. The van der Waals surface area contributed by atoms with Crippen molar-refractivity contribution in [1.29, 1.82) is 0 Å². The van der Waals surface area contributed by atoms with Crippen molar-refractivity contribution in [2.75, 3.05) is 18.9 Å². The molecule has 0 bridgehead atoms.